The van der Waals surface area contributed by atoms with E-state index in [1.54, 1.807) is 25.4 Å². The number of methoxy groups -OCH3 is 1. The molecular weight excluding hydrogens is 286 g/mol. The highest BCUT2D eigenvalue weighted by molar-refractivity contribution is 7.18. The highest BCUT2D eigenvalue weighted by Gasteiger charge is 2.07. The van der Waals surface area contributed by atoms with Crippen LogP contribution in [0.1, 0.15) is 0 Å². The lowest BCUT2D eigenvalue weighted by Gasteiger charge is -2.04. The van der Waals surface area contributed by atoms with Crippen molar-refractivity contribution in [2.75, 3.05) is 25.6 Å². The van der Waals surface area contributed by atoms with E-state index in [4.69, 9.17) is 4.74 Å². The van der Waals surface area contributed by atoms with Gasteiger partial charge in [-0.15, -0.1) is 0 Å². The van der Waals surface area contributed by atoms with Gasteiger partial charge in [-0.2, -0.15) is 8.78 Å². The van der Waals surface area contributed by atoms with Gasteiger partial charge in [-0.25, -0.2) is 4.98 Å². The normalized spacial score (nSPS) is 10.8. The number of benzene rings is 1. The molecule has 108 valence electrons. The van der Waals surface area contributed by atoms with Crippen LogP contribution in [-0.2, 0) is 4.74 Å². The number of hydrogen-bond acceptors (Lipinski definition) is 5. The Labute approximate surface area is 119 Å². The first-order chi connectivity index (χ1) is 9.69. The summed E-state index contributed by atoms with van der Waals surface area (Å²) in [7, 11) is 1.64. The van der Waals surface area contributed by atoms with Crippen molar-refractivity contribution < 1.29 is 18.3 Å². The molecule has 1 aromatic heterocycles. The van der Waals surface area contributed by atoms with Gasteiger partial charge in [0.25, 0.3) is 0 Å². The van der Waals surface area contributed by atoms with Gasteiger partial charge in [0.1, 0.15) is 5.75 Å². The minimum Gasteiger partial charge on any atom is -0.435 e. The summed E-state index contributed by atoms with van der Waals surface area (Å²) in [5, 5.41) is 3.93. The molecule has 0 radical (unpaired) electrons. The number of nitrogens with one attached hydrogen (secondary N) is 1. The molecule has 0 saturated heterocycles. The van der Waals surface area contributed by atoms with Gasteiger partial charge in [0.2, 0.25) is 0 Å². The topological polar surface area (TPSA) is 43.4 Å². The first-order valence-corrected chi connectivity index (χ1v) is 6.74. The summed E-state index contributed by atoms with van der Waals surface area (Å²) < 4.78 is 33.3. The van der Waals surface area contributed by atoms with E-state index < -0.39 is 6.61 Å². The zero-order chi connectivity index (χ0) is 14.4. The average molecular weight is 300 g/mol. The standard InChI is InChI=1S/C13H14F2N2O2S/c1-18-7-6-16-13-17-8-11(20-13)9-2-4-10(5-3-9)19-12(14)15/h2-5,8,12H,6-7H2,1H3,(H,16,17). The van der Waals surface area contributed by atoms with Gasteiger partial charge >= 0.3 is 6.61 Å². The Kier molecular flexibility index (Phi) is 5.25. The molecule has 0 bridgehead atoms. The molecule has 0 aliphatic rings. The molecule has 0 spiro atoms. The molecule has 0 fully saturated rings. The van der Waals surface area contributed by atoms with E-state index in [1.807, 2.05) is 0 Å². The number of hydrogen-bond donors (Lipinski definition) is 1. The summed E-state index contributed by atoms with van der Waals surface area (Å²) in [4.78, 5) is 5.19. The van der Waals surface area contributed by atoms with E-state index in [0.717, 1.165) is 15.6 Å². The van der Waals surface area contributed by atoms with E-state index in [0.29, 0.717) is 13.2 Å². The number of nitrogens with zero attached hydrogens (tertiary/aromatic N) is 1. The van der Waals surface area contributed by atoms with Crippen LogP contribution >= 0.6 is 11.3 Å². The smallest absolute Gasteiger partial charge is 0.387 e. The maximum atomic E-state index is 12.0. The lowest BCUT2D eigenvalue weighted by molar-refractivity contribution is -0.0498. The molecule has 1 heterocycles. The lowest BCUT2D eigenvalue weighted by Crippen LogP contribution is -2.06. The molecule has 1 N–H and O–H groups in total. The minimum absolute atomic E-state index is 0.145. The fourth-order valence-electron chi connectivity index (χ4n) is 1.55. The highest BCUT2D eigenvalue weighted by Crippen LogP contribution is 2.30. The van der Waals surface area contributed by atoms with Crippen LogP contribution < -0.4 is 10.1 Å². The predicted octanol–water partition coefficient (Wildman–Crippen LogP) is 3.47. The first-order valence-electron chi connectivity index (χ1n) is 5.93. The Morgan fingerprint density at radius 1 is 1.30 bits per heavy atom. The Bertz CT molecular complexity index is 531. The highest BCUT2D eigenvalue weighted by atomic mass is 32.1. The average Bonchev–Trinajstić information content (AvgIpc) is 2.88. The number of aromatic nitrogens is 1. The molecule has 2 rings (SSSR count). The molecule has 0 aliphatic carbocycles. The fraction of sp³-hybridized carbons (Fsp3) is 0.308. The molecule has 0 atom stereocenters. The van der Waals surface area contributed by atoms with Gasteiger partial charge in [-0.05, 0) is 29.8 Å². The Morgan fingerprint density at radius 2 is 2.05 bits per heavy atom. The molecule has 1 aromatic carbocycles. The van der Waals surface area contributed by atoms with Gasteiger partial charge in [-0.3, -0.25) is 0 Å². The van der Waals surface area contributed by atoms with E-state index in [-0.39, 0.29) is 5.75 Å². The quantitative estimate of drug-likeness (QED) is 0.795. The van der Waals surface area contributed by atoms with Crippen molar-refractivity contribution in [3.8, 4) is 16.2 Å². The second-order valence-corrected chi connectivity index (χ2v) is 4.88. The summed E-state index contributed by atoms with van der Waals surface area (Å²) in [6.07, 6.45) is 1.74. The number of halogens is 2. The van der Waals surface area contributed by atoms with Gasteiger partial charge in [0.15, 0.2) is 5.13 Å². The third-order valence-electron chi connectivity index (χ3n) is 2.45. The largest absolute Gasteiger partial charge is 0.435 e. The van der Waals surface area contributed by atoms with Crippen molar-refractivity contribution in [1.82, 2.24) is 4.98 Å². The van der Waals surface area contributed by atoms with Crippen LogP contribution in [0.15, 0.2) is 30.5 Å². The van der Waals surface area contributed by atoms with E-state index in [2.05, 4.69) is 15.0 Å². The Morgan fingerprint density at radius 3 is 2.70 bits per heavy atom. The van der Waals surface area contributed by atoms with Gasteiger partial charge < -0.3 is 14.8 Å². The molecular formula is C13H14F2N2O2S. The summed E-state index contributed by atoms with van der Waals surface area (Å²) in [6.45, 7) is -1.51. The van der Waals surface area contributed by atoms with Crippen LogP contribution in [0.4, 0.5) is 13.9 Å². The molecule has 7 heteroatoms. The number of rotatable bonds is 7. The van der Waals surface area contributed by atoms with Gasteiger partial charge in [0, 0.05) is 19.9 Å². The summed E-state index contributed by atoms with van der Waals surface area (Å²) in [5.41, 5.74) is 0.906. The van der Waals surface area contributed by atoms with Crippen LogP contribution in [0.25, 0.3) is 10.4 Å². The predicted molar refractivity (Wildman–Crippen MR) is 74.5 cm³/mol. The van der Waals surface area contributed by atoms with Crippen LogP contribution in [0.3, 0.4) is 0 Å². The third kappa shape index (κ3) is 4.14. The second-order valence-electron chi connectivity index (χ2n) is 3.85. The van der Waals surface area contributed by atoms with Gasteiger partial charge in [0.05, 0.1) is 11.5 Å². The summed E-state index contributed by atoms with van der Waals surface area (Å²) >= 11 is 1.49. The van der Waals surface area contributed by atoms with Crippen molar-refractivity contribution in [1.29, 1.82) is 0 Å². The minimum atomic E-state index is -2.80. The third-order valence-corrected chi connectivity index (χ3v) is 3.46. The molecule has 20 heavy (non-hydrogen) atoms. The van der Waals surface area contributed by atoms with Crippen LogP contribution in [0.5, 0.6) is 5.75 Å². The van der Waals surface area contributed by atoms with Crippen LogP contribution in [0, 0.1) is 0 Å². The van der Waals surface area contributed by atoms with Crippen LogP contribution in [0.2, 0.25) is 0 Å². The van der Waals surface area contributed by atoms with Crippen molar-refractivity contribution in [2.24, 2.45) is 0 Å². The van der Waals surface area contributed by atoms with E-state index in [1.165, 1.54) is 23.5 Å². The number of ether oxygens (including phenoxy) is 2. The number of anilines is 1. The summed E-state index contributed by atoms with van der Waals surface area (Å²) in [6, 6.07) is 6.48. The van der Waals surface area contributed by atoms with Crippen molar-refractivity contribution in [2.45, 2.75) is 6.61 Å². The molecule has 2 aromatic rings. The van der Waals surface area contributed by atoms with Crippen molar-refractivity contribution in [3.05, 3.63) is 30.5 Å². The molecule has 0 saturated carbocycles. The maximum absolute atomic E-state index is 12.0. The zero-order valence-electron chi connectivity index (χ0n) is 10.8. The summed E-state index contributed by atoms with van der Waals surface area (Å²) in [5.74, 6) is 0.145. The SMILES string of the molecule is COCCNc1ncc(-c2ccc(OC(F)F)cc2)s1. The molecule has 0 aliphatic heterocycles. The second kappa shape index (κ2) is 7.16. The number of alkyl halides is 2. The Hall–Kier alpha value is -1.73. The monoisotopic (exact) mass is 300 g/mol. The fourth-order valence-corrected chi connectivity index (χ4v) is 2.40. The van der Waals surface area contributed by atoms with E-state index >= 15 is 0 Å². The van der Waals surface area contributed by atoms with Crippen LogP contribution in [-0.4, -0.2) is 31.9 Å². The first kappa shape index (κ1) is 14.7. The van der Waals surface area contributed by atoms with E-state index in [9.17, 15) is 8.78 Å². The zero-order valence-corrected chi connectivity index (χ0v) is 11.6. The van der Waals surface area contributed by atoms with Gasteiger partial charge in [-0.1, -0.05) is 11.3 Å². The number of thiazole rings is 1. The van der Waals surface area contributed by atoms with Crippen molar-refractivity contribution in [3.63, 3.8) is 0 Å². The Balaban J connectivity index is 2.00. The maximum Gasteiger partial charge on any atom is 0.387 e. The molecule has 4 nitrogen and oxygen atoms in total. The van der Waals surface area contributed by atoms with Crippen molar-refractivity contribution >= 4 is 16.5 Å². The molecule has 0 unspecified atom stereocenters. The molecule has 0 amide bonds. The lowest BCUT2D eigenvalue weighted by atomic mass is 10.2.